The van der Waals surface area contributed by atoms with E-state index in [1.807, 2.05) is 18.3 Å². The van der Waals surface area contributed by atoms with E-state index in [0.29, 0.717) is 12.1 Å². The van der Waals surface area contributed by atoms with Crippen LogP contribution in [0, 0.1) is 0 Å². The SMILES string of the molecule is CC(C)NCc1cc(OC2CCC2)ccn1. The van der Waals surface area contributed by atoms with Gasteiger partial charge in [0.25, 0.3) is 0 Å². The van der Waals surface area contributed by atoms with E-state index in [1.54, 1.807) is 0 Å². The third kappa shape index (κ3) is 3.20. The van der Waals surface area contributed by atoms with Gasteiger partial charge in [-0.05, 0) is 25.3 Å². The third-order valence-corrected chi connectivity index (χ3v) is 2.83. The molecule has 1 heterocycles. The van der Waals surface area contributed by atoms with Gasteiger partial charge in [0.05, 0.1) is 11.8 Å². The Balaban J connectivity index is 1.90. The first kappa shape index (κ1) is 11.4. The average Bonchev–Trinajstić information content (AvgIpc) is 2.21. The standard InChI is InChI=1S/C13H20N2O/c1-10(2)15-9-11-8-13(6-7-14-11)16-12-4-3-5-12/h6-8,10,12,15H,3-5,9H2,1-2H3. The Hall–Kier alpha value is -1.09. The van der Waals surface area contributed by atoms with Crippen molar-refractivity contribution < 1.29 is 4.74 Å². The highest BCUT2D eigenvalue weighted by Gasteiger charge is 2.18. The second-order valence-corrected chi connectivity index (χ2v) is 4.69. The van der Waals surface area contributed by atoms with E-state index in [9.17, 15) is 0 Å². The molecule has 2 rings (SSSR count). The fourth-order valence-electron chi connectivity index (χ4n) is 1.62. The molecule has 1 aromatic heterocycles. The van der Waals surface area contributed by atoms with Crippen molar-refractivity contribution in [2.45, 2.75) is 51.8 Å². The number of hydrogen-bond acceptors (Lipinski definition) is 3. The molecule has 3 heteroatoms. The fourth-order valence-corrected chi connectivity index (χ4v) is 1.62. The largest absolute Gasteiger partial charge is 0.490 e. The minimum Gasteiger partial charge on any atom is -0.490 e. The minimum atomic E-state index is 0.438. The summed E-state index contributed by atoms with van der Waals surface area (Å²) in [5, 5.41) is 3.35. The maximum Gasteiger partial charge on any atom is 0.123 e. The molecule has 88 valence electrons. The zero-order chi connectivity index (χ0) is 11.4. The highest BCUT2D eigenvalue weighted by atomic mass is 16.5. The quantitative estimate of drug-likeness (QED) is 0.828. The van der Waals surface area contributed by atoms with Gasteiger partial charge in [-0.3, -0.25) is 4.98 Å². The molecular formula is C13H20N2O. The van der Waals surface area contributed by atoms with Gasteiger partial charge in [-0.25, -0.2) is 0 Å². The van der Waals surface area contributed by atoms with Crippen LogP contribution in [-0.4, -0.2) is 17.1 Å². The molecule has 1 aliphatic rings. The lowest BCUT2D eigenvalue weighted by atomic mass is 9.96. The summed E-state index contributed by atoms with van der Waals surface area (Å²) in [6.45, 7) is 5.07. The number of aromatic nitrogens is 1. The van der Waals surface area contributed by atoms with E-state index in [1.165, 1.54) is 19.3 Å². The van der Waals surface area contributed by atoms with Crippen LogP contribution in [0.2, 0.25) is 0 Å². The molecule has 0 amide bonds. The fraction of sp³-hybridized carbons (Fsp3) is 0.615. The van der Waals surface area contributed by atoms with Crippen LogP contribution in [0.5, 0.6) is 5.75 Å². The summed E-state index contributed by atoms with van der Waals surface area (Å²) < 4.78 is 5.83. The molecule has 16 heavy (non-hydrogen) atoms. The van der Waals surface area contributed by atoms with Gasteiger partial charge in [0.1, 0.15) is 5.75 Å². The summed E-state index contributed by atoms with van der Waals surface area (Å²) in [5.74, 6) is 0.959. The number of rotatable bonds is 5. The Morgan fingerprint density at radius 1 is 1.50 bits per heavy atom. The minimum absolute atomic E-state index is 0.438. The third-order valence-electron chi connectivity index (χ3n) is 2.83. The van der Waals surface area contributed by atoms with E-state index >= 15 is 0 Å². The Morgan fingerprint density at radius 2 is 2.31 bits per heavy atom. The van der Waals surface area contributed by atoms with Crippen LogP contribution in [-0.2, 0) is 6.54 Å². The second kappa shape index (κ2) is 5.30. The highest BCUT2D eigenvalue weighted by Crippen LogP contribution is 2.24. The number of nitrogens with one attached hydrogen (secondary N) is 1. The topological polar surface area (TPSA) is 34.1 Å². The first-order valence-corrected chi connectivity index (χ1v) is 6.09. The van der Waals surface area contributed by atoms with Gasteiger partial charge in [0.15, 0.2) is 0 Å². The summed E-state index contributed by atoms with van der Waals surface area (Å²) in [4.78, 5) is 4.32. The Kier molecular flexibility index (Phi) is 3.78. The lowest BCUT2D eigenvalue weighted by Crippen LogP contribution is -2.25. The number of ether oxygens (including phenoxy) is 1. The number of hydrogen-bond donors (Lipinski definition) is 1. The number of nitrogens with zero attached hydrogens (tertiary/aromatic N) is 1. The van der Waals surface area contributed by atoms with Crippen LogP contribution < -0.4 is 10.1 Å². The zero-order valence-electron chi connectivity index (χ0n) is 10.1. The van der Waals surface area contributed by atoms with Crippen LogP contribution in [0.25, 0.3) is 0 Å². The molecule has 0 saturated heterocycles. The van der Waals surface area contributed by atoms with Crippen LogP contribution in [0.3, 0.4) is 0 Å². The zero-order valence-corrected chi connectivity index (χ0v) is 10.1. The molecular weight excluding hydrogens is 200 g/mol. The first-order chi connectivity index (χ1) is 7.74. The first-order valence-electron chi connectivity index (χ1n) is 6.09. The van der Waals surface area contributed by atoms with Gasteiger partial charge < -0.3 is 10.1 Å². The molecule has 1 aromatic rings. The van der Waals surface area contributed by atoms with Crippen molar-refractivity contribution in [1.82, 2.24) is 10.3 Å². The lowest BCUT2D eigenvalue weighted by Gasteiger charge is -2.26. The predicted octanol–water partition coefficient (Wildman–Crippen LogP) is 2.51. The smallest absolute Gasteiger partial charge is 0.123 e. The Morgan fingerprint density at radius 3 is 2.94 bits per heavy atom. The van der Waals surface area contributed by atoms with Gasteiger partial charge in [0, 0.05) is 24.8 Å². The van der Waals surface area contributed by atoms with Crippen molar-refractivity contribution in [3.63, 3.8) is 0 Å². The molecule has 1 fully saturated rings. The Bertz CT molecular complexity index is 334. The maximum atomic E-state index is 5.83. The Labute approximate surface area is 97.2 Å². The molecule has 0 aliphatic heterocycles. The second-order valence-electron chi connectivity index (χ2n) is 4.69. The monoisotopic (exact) mass is 220 g/mol. The van der Waals surface area contributed by atoms with Gasteiger partial charge in [-0.2, -0.15) is 0 Å². The van der Waals surface area contributed by atoms with Crippen molar-refractivity contribution in [3.05, 3.63) is 24.0 Å². The number of pyridine rings is 1. The maximum absolute atomic E-state index is 5.83. The van der Waals surface area contributed by atoms with Crippen LogP contribution >= 0.6 is 0 Å². The molecule has 0 aromatic carbocycles. The van der Waals surface area contributed by atoms with E-state index in [0.717, 1.165) is 18.0 Å². The van der Waals surface area contributed by atoms with Gasteiger partial charge in [-0.1, -0.05) is 13.8 Å². The molecule has 1 aliphatic carbocycles. The van der Waals surface area contributed by atoms with Crippen LogP contribution in [0.15, 0.2) is 18.3 Å². The molecule has 1 N–H and O–H groups in total. The van der Waals surface area contributed by atoms with Crippen molar-refractivity contribution >= 4 is 0 Å². The van der Waals surface area contributed by atoms with Crippen molar-refractivity contribution in [2.75, 3.05) is 0 Å². The average molecular weight is 220 g/mol. The summed E-state index contributed by atoms with van der Waals surface area (Å²) >= 11 is 0. The van der Waals surface area contributed by atoms with E-state index < -0.39 is 0 Å². The van der Waals surface area contributed by atoms with Gasteiger partial charge in [0.2, 0.25) is 0 Å². The van der Waals surface area contributed by atoms with Crippen molar-refractivity contribution in [2.24, 2.45) is 0 Å². The van der Waals surface area contributed by atoms with E-state index in [2.05, 4.69) is 24.1 Å². The summed E-state index contributed by atoms with van der Waals surface area (Å²) in [7, 11) is 0. The molecule has 3 nitrogen and oxygen atoms in total. The van der Waals surface area contributed by atoms with Crippen LogP contribution in [0.1, 0.15) is 38.8 Å². The summed E-state index contributed by atoms with van der Waals surface area (Å²) in [6, 6.07) is 4.46. The lowest BCUT2D eigenvalue weighted by molar-refractivity contribution is 0.120. The van der Waals surface area contributed by atoms with Crippen LogP contribution in [0.4, 0.5) is 0 Å². The van der Waals surface area contributed by atoms with Crippen molar-refractivity contribution in [3.8, 4) is 5.75 Å². The predicted molar refractivity (Wildman–Crippen MR) is 64.5 cm³/mol. The van der Waals surface area contributed by atoms with E-state index in [4.69, 9.17) is 4.74 Å². The van der Waals surface area contributed by atoms with Crippen molar-refractivity contribution in [1.29, 1.82) is 0 Å². The molecule has 0 bridgehead atoms. The molecule has 1 saturated carbocycles. The molecule has 0 radical (unpaired) electrons. The van der Waals surface area contributed by atoms with Gasteiger partial charge >= 0.3 is 0 Å². The summed E-state index contributed by atoms with van der Waals surface area (Å²) in [5.41, 5.74) is 1.05. The van der Waals surface area contributed by atoms with Gasteiger partial charge in [-0.15, -0.1) is 0 Å². The van der Waals surface area contributed by atoms with E-state index in [-0.39, 0.29) is 0 Å². The molecule has 0 unspecified atom stereocenters. The molecule has 0 spiro atoms. The summed E-state index contributed by atoms with van der Waals surface area (Å²) in [6.07, 6.45) is 5.96. The molecule has 0 atom stereocenters. The normalized spacial score (nSPS) is 16.2. The highest BCUT2D eigenvalue weighted by molar-refractivity contribution is 5.23.